The average molecular weight is 280 g/mol. The van der Waals surface area contributed by atoms with E-state index >= 15 is 0 Å². The van der Waals surface area contributed by atoms with Crippen LogP contribution >= 0.6 is 11.6 Å². The van der Waals surface area contributed by atoms with Crippen molar-refractivity contribution in [3.05, 3.63) is 47.1 Å². The number of hydrogen-bond donors (Lipinski definition) is 0. The molecule has 2 aromatic rings. The Morgan fingerprint density at radius 2 is 1.89 bits per heavy atom. The largest absolute Gasteiger partial charge is 0.329 e. The van der Waals surface area contributed by atoms with E-state index in [9.17, 15) is 4.39 Å². The van der Waals surface area contributed by atoms with E-state index in [0.717, 1.165) is 24.4 Å². The summed E-state index contributed by atoms with van der Waals surface area (Å²) in [4.78, 5) is 10.5. The van der Waals surface area contributed by atoms with Crippen LogP contribution in [0.3, 0.4) is 0 Å². The lowest BCUT2D eigenvalue weighted by molar-refractivity contribution is 0.628. The molecule has 1 aromatic heterocycles. The highest BCUT2D eigenvalue weighted by Crippen LogP contribution is 2.24. The molecule has 100 valence electrons. The Morgan fingerprint density at radius 1 is 1.21 bits per heavy atom. The van der Waals surface area contributed by atoms with Crippen molar-refractivity contribution in [1.29, 1.82) is 0 Å². The lowest BCUT2D eigenvalue weighted by atomic mass is 10.3. The minimum Gasteiger partial charge on any atom is -0.329 e. The predicted octanol–water partition coefficient (Wildman–Crippen LogP) is 3.99. The molecule has 5 heteroatoms. The zero-order chi connectivity index (χ0) is 13.8. The number of aromatic nitrogens is 2. The van der Waals surface area contributed by atoms with Crippen molar-refractivity contribution in [2.75, 3.05) is 11.9 Å². The molecule has 0 aliphatic rings. The summed E-state index contributed by atoms with van der Waals surface area (Å²) in [6.45, 7) is 2.06. The Balaban J connectivity index is 2.32. The van der Waals surface area contributed by atoms with Gasteiger partial charge in [0.2, 0.25) is 0 Å². The monoisotopic (exact) mass is 279 g/mol. The van der Waals surface area contributed by atoms with Crippen LogP contribution in [0.4, 0.5) is 15.9 Å². The summed E-state index contributed by atoms with van der Waals surface area (Å²) >= 11 is 6.00. The van der Waals surface area contributed by atoms with Gasteiger partial charge in [0.05, 0.1) is 0 Å². The van der Waals surface area contributed by atoms with Gasteiger partial charge in [-0.3, -0.25) is 0 Å². The number of aryl methyl sites for hydroxylation is 1. The molecule has 1 aromatic carbocycles. The van der Waals surface area contributed by atoms with Crippen LogP contribution in [0.5, 0.6) is 0 Å². The summed E-state index contributed by atoms with van der Waals surface area (Å²) in [6, 6.07) is 7.93. The number of rotatable bonds is 4. The Kier molecular flexibility index (Phi) is 4.32. The molecule has 0 aliphatic heterocycles. The molecule has 0 unspecified atom stereocenters. The van der Waals surface area contributed by atoms with Gasteiger partial charge in [-0.1, -0.05) is 18.5 Å². The fourth-order valence-corrected chi connectivity index (χ4v) is 1.95. The summed E-state index contributed by atoms with van der Waals surface area (Å²) < 4.78 is 12.9. The van der Waals surface area contributed by atoms with Crippen LogP contribution in [-0.4, -0.2) is 17.0 Å². The zero-order valence-electron chi connectivity index (χ0n) is 10.9. The van der Waals surface area contributed by atoms with Gasteiger partial charge in [0.25, 0.3) is 0 Å². The molecule has 0 fully saturated rings. The van der Waals surface area contributed by atoms with E-state index in [1.165, 1.54) is 12.1 Å². The number of halogens is 2. The Morgan fingerprint density at radius 3 is 2.53 bits per heavy atom. The van der Waals surface area contributed by atoms with Crippen molar-refractivity contribution >= 4 is 23.1 Å². The Labute approximate surface area is 117 Å². The third-order valence-corrected chi connectivity index (χ3v) is 2.95. The van der Waals surface area contributed by atoms with Crippen LogP contribution in [0.1, 0.15) is 19.2 Å². The summed E-state index contributed by atoms with van der Waals surface area (Å²) in [5.74, 6) is 1.17. The molecule has 0 bridgehead atoms. The molecule has 0 saturated carbocycles. The molecule has 0 radical (unpaired) electrons. The van der Waals surface area contributed by atoms with Crippen LogP contribution in [0.2, 0.25) is 5.15 Å². The maximum absolute atomic E-state index is 12.9. The van der Waals surface area contributed by atoms with E-state index in [1.807, 2.05) is 11.9 Å². The van der Waals surface area contributed by atoms with Crippen molar-refractivity contribution in [1.82, 2.24) is 9.97 Å². The molecule has 0 atom stereocenters. The summed E-state index contributed by atoms with van der Waals surface area (Å²) in [6.07, 6.45) is 1.74. The van der Waals surface area contributed by atoms with E-state index < -0.39 is 0 Å². The minimum atomic E-state index is -0.260. The highest BCUT2D eigenvalue weighted by molar-refractivity contribution is 6.29. The fourth-order valence-electron chi connectivity index (χ4n) is 1.76. The standard InChI is InChI=1S/C14H15ClFN3/c1-3-4-13-17-12(15)9-14(18-13)19(2)11-7-5-10(16)6-8-11/h5-9H,3-4H2,1-2H3. The third-order valence-electron chi connectivity index (χ3n) is 2.76. The first-order valence-electron chi connectivity index (χ1n) is 6.13. The molecule has 3 nitrogen and oxygen atoms in total. The SMILES string of the molecule is CCCc1nc(Cl)cc(N(C)c2ccc(F)cc2)n1. The first-order chi connectivity index (χ1) is 9.10. The van der Waals surface area contributed by atoms with Crippen molar-refractivity contribution < 1.29 is 4.39 Å². The third kappa shape index (κ3) is 3.41. The van der Waals surface area contributed by atoms with Crippen molar-refractivity contribution in [3.63, 3.8) is 0 Å². The Hall–Kier alpha value is -1.68. The van der Waals surface area contributed by atoms with Crippen LogP contribution in [0, 0.1) is 5.82 Å². The summed E-state index contributed by atoms with van der Waals surface area (Å²) in [5, 5.41) is 0.419. The second-order valence-electron chi connectivity index (χ2n) is 4.25. The van der Waals surface area contributed by atoms with Crippen LogP contribution in [-0.2, 0) is 6.42 Å². The van der Waals surface area contributed by atoms with Gasteiger partial charge >= 0.3 is 0 Å². The number of benzene rings is 1. The fraction of sp³-hybridized carbons (Fsp3) is 0.286. The lowest BCUT2D eigenvalue weighted by Crippen LogP contribution is -2.13. The highest BCUT2D eigenvalue weighted by atomic mass is 35.5. The van der Waals surface area contributed by atoms with E-state index in [4.69, 9.17) is 11.6 Å². The van der Waals surface area contributed by atoms with Crippen LogP contribution in [0.25, 0.3) is 0 Å². The van der Waals surface area contributed by atoms with Crippen LogP contribution in [0.15, 0.2) is 30.3 Å². The molecule has 0 amide bonds. The zero-order valence-corrected chi connectivity index (χ0v) is 11.7. The topological polar surface area (TPSA) is 29.0 Å². The van der Waals surface area contributed by atoms with Crippen LogP contribution < -0.4 is 4.90 Å². The molecule has 0 spiro atoms. The maximum atomic E-state index is 12.9. The first-order valence-corrected chi connectivity index (χ1v) is 6.50. The second kappa shape index (κ2) is 5.97. The number of nitrogens with zero attached hydrogens (tertiary/aromatic N) is 3. The maximum Gasteiger partial charge on any atom is 0.137 e. The van der Waals surface area contributed by atoms with Crippen molar-refractivity contribution in [3.8, 4) is 0 Å². The van der Waals surface area contributed by atoms with E-state index in [1.54, 1.807) is 18.2 Å². The van der Waals surface area contributed by atoms with Gasteiger partial charge in [0.1, 0.15) is 22.6 Å². The lowest BCUT2D eigenvalue weighted by Gasteiger charge is -2.19. The van der Waals surface area contributed by atoms with E-state index in [0.29, 0.717) is 11.0 Å². The molecular weight excluding hydrogens is 265 g/mol. The second-order valence-corrected chi connectivity index (χ2v) is 4.64. The first kappa shape index (κ1) is 13.7. The number of anilines is 2. The van der Waals surface area contributed by atoms with E-state index in [-0.39, 0.29) is 5.82 Å². The predicted molar refractivity (Wildman–Crippen MR) is 75.5 cm³/mol. The Bertz CT molecular complexity index is 557. The highest BCUT2D eigenvalue weighted by Gasteiger charge is 2.09. The molecule has 0 N–H and O–H groups in total. The van der Waals surface area contributed by atoms with Gasteiger partial charge in [-0.25, -0.2) is 14.4 Å². The van der Waals surface area contributed by atoms with Gasteiger partial charge in [-0.15, -0.1) is 0 Å². The molecule has 19 heavy (non-hydrogen) atoms. The van der Waals surface area contributed by atoms with Gasteiger partial charge in [0.15, 0.2) is 0 Å². The van der Waals surface area contributed by atoms with Crippen molar-refractivity contribution in [2.45, 2.75) is 19.8 Å². The van der Waals surface area contributed by atoms with Gasteiger partial charge in [-0.2, -0.15) is 0 Å². The summed E-state index contributed by atoms with van der Waals surface area (Å²) in [5.41, 5.74) is 0.846. The molecule has 2 rings (SSSR count). The van der Waals surface area contributed by atoms with E-state index in [2.05, 4.69) is 16.9 Å². The minimum absolute atomic E-state index is 0.260. The molecule has 0 saturated heterocycles. The quantitative estimate of drug-likeness (QED) is 0.793. The molecule has 1 heterocycles. The molecular formula is C14H15ClFN3. The van der Waals surface area contributed by atoms with Gasteiger partial charge < -0.3 is 4.90 Å². The normalized spacial score (nSPS) is 10.5. The average Bonchev–Trinajstić information content (AvgIpc) is 2.38. The smallest absolute Gasteiger partial charge is 0.137 e. The van der Waals surface area contributed by atoms with Gasteiger partial charge in [0, 0.05) is 25.2 Å². The van der Waals surface area contributed by atoms with Crippen molar-refractivity contribution in [2.24, 2.45) is 0 Å². The summed E-state index contributed by atoms with van der Waals surface area (Å²) in [7, 11) is 1.86. The van der Waals surface area contributed by atoms with Gasteiger partial charge in [-0.05, 0) is 30.7 Å². The molecule has 0 aliphatic carbocycles. The number of hydrogen-bond acceptors (Lipinski definition) is 3.